The Morgan fingerprint density at radius 3 is 2.96 bits per heavy atom. The third-order valence-corrected chi connectivity index (χ3v) is 6.07. The molecule has 5 rings (SSSR count). The molecule has 0 saturated carbocycles. The van der Waals surface area contributed by atoms with Crippen LogP contribution in [0.1, 0.15) is 35.8 Å². The molecule has 0 spiro atoms. The fraction of sp³-hybridized carbons (Fsp3) is 0.455. The zero-order chi connectivity index (χ0) is 18.9. The van der Waals surface area contributed by atoms with Crippen molar-refractivity contribution in [3.63, 3.8) is 0 Å². The summed E-state index contributed by atoms with van der Waals surface area (Å²) < 4.78 is 2.25. The van der Waals surface area contributed by atoms with Gasteiger partial charge in [0.2, 0.25) is 0 Å². The molecule has 3 aromatic heterocycles. The zero-order valence-electron chi connectivity index (χ0n) is 16.5. The van der Waals surface area contributed by atoms with E-state index in [1.165, 1.54) is 29.9 Å². The summed E-state index contributed by atoms with van der Waals surface area (Å²) in [7, 11) is 2.20. The fourth-order valence-corrected chi connectivity index (χ4v) is 4.65. The maximum absolute atomic E-state index is 4.92. The quantitative estimate of drug-likeness (QED) is 0.759. The van der Waals surface area contributed by atoms with Crippen LogP contribution in [0.5, 0.6) is 0 Å². The topological polar surface area (TPSA) is 48.7 Å². The van der Waals surface area contributed by atoms with E-state index < -0.39 is 0 Å². The lowest BCUT2D eigenvalue weighted by atomic mass is 9.91. The lowest BCUT2D eigenvalue weighted by Gasteiger charge is -2.31. The molecule has 3 aromatic rings. The zero-order valence-corrected chi connectivity index (χ0v) is 16.5. The Morgan fingerprint density at radius 1 is 1.18 bits per heavy atom. The molecule has 1 fully saturated rings. The van der Waals surface area contributed by atoms with Gasteiger partial charge in [-0.05, 0) is 50.1 Å². The van der Waals surface area contributed by atoms with E-state index in [9.17, 15) is 0 Å². The van der Waals surface area contributed by atoms with Crippen LogP contribution in [0, 0.1) is 0 Å². The summed E-state index contributed by atoms with van der Waals surface area (Å²) in [6.07, 6.45) is 7.68. The molecule has 1 aliphatic carbocycles. The molecule has 28 heavy (non-hydrogen) atoms. The lowest BCUT2D eigenvalue weighted by molar-refractivity contribution is 0.206. The largest absolute Gasteiger partial charge is 0.355 e. The second-order valence-corrected chi connectivity index (χ2v) is 7.95. The normalized spacial score (nSPS) is 19.9. The van der Waals surface area contributed by atoms with Crippen molar-refractivity contribution in [2.75, 3.05) is 38.1 Å². The summed E-state index contributed by atoms with van der Waals surface area (Å²) in [4.78, 5) is 14.5. The molecule has 4 heterocycles. The molecule has 0 aromatic carbocycles. The first kappa shape index (κ1) is 17.6. The van der Waals surface area contributed by atoms with Gasteiger partial charge in [0.25, 0.3) is 0 Å². The third kappa shape index (κ3) is 3.27. The van der Waals surface area contributed by atoms with Crippen LogP contribution < -0.4 is 10.2 Å². The molecular weight excluding hydrogens is 348 g/mol. The number of pyridine rings is 2. The Balaban J connectivity index is 1.40. The van der Waals surface area contributed by atoms with Crippen molar-refractivity contribution in [2.24, 2.45) is 0 Å². The molecule has 1 N–H and O–H groups in total. The molecule has 6 nitrogen and oxygen atoms in total. The standard InChI is InChI=1S/C22H28N6/c1-26(19-7-2-5-17-6-4-10-24-22(17)19)15-18-16-28-20(25-18)8-3-9-21(28)27-13-11-23-12-14-27/h3-4,6,8-10,16,19,23H,2,5,7,11-15H2,1H3. The van der Waals surface area contributed by atoms with Gasteiger partial charge in [0.15, 0.2) is 0 Å². The molecule has 0 bridgehead atoms. The van der Waals surface area contributed by atoms with Gasteiger partial charge < -0.3 is 10.2 Å². The van der Waals surface area contributed by atoms with Gasteiger partial charge in [0.05, 0.1) is 17.4 Å². The van der Waals surface area contributed by atoms with E-state index in [2.05, 4.69) is 63.1 Å². The SMILES string of the molecule is CN(Cc1cn2c(N3CCNCC3)cccc2n1)C1CCCc2cccnc21. The van der Waals surface area contributed by atoms with Crippen molar-refractivity contribution >= 4 is 11.5 Å². The summed E-state index contributed by atoms with van der Waals surface area (Å²) in [6, 6.07) is 11.1. The summed E-state index contributed by atoms with van der Waals surface area (Å²) in [5.41, 5.74) is 4.80. The predicted octanol–water partition coefficient (Wildman–Crippen LogP) is 2.65. The maximum atomic E-state index is 4.92. The van der Waals surface area contributed by atoms with Crippen LogP contribution in [0.3, 0.4) is 0 Å². The maximum Gasteiger partial charge on any atom is 0.138 e. The first-order chi connectivity index (χ1) is 13.8. The Hall–Kier alpha value is -2.44. The first-order valence-corrected chi connectivity index (χ1v) is 10.4. The van der Waals surface area contributed by atoms with E-state index in [-0.39, 0.29) is 0 Å². The number of aryl methyl sites for hydroxylation is 1. The van der Waals surface area contributed by atoms with Crippen molar-refractivity contribution in [3.05, 3.63) is 59.7 Å². The summed E-state index contributed by atoms with van der Waals surface area (Å²) in [5, 5.41) is 3.43. The molecule has 146 valence electrons. The number of nitrogens with one attached hydrogen (secondary N) is 1. The molecule has 1 aliphatic heterocycles. The van der Waals surface area contributed by atoms with E-state index in [1.807, 2.05) is 6.20 Å². The van der Waals surface area contributed by atoms with Crippen molar-refractivity contribution in [3.8, 4) is 0 Å². The molecular formula is C22H28N6. The molecule has 0 radical (unpaired) electrons. The Bertz CT molecular complexity index is 959. The van der Waals surface area contributed by atoms with Crippen LogP contribution in [0.4, 0.5) is 5.82 Å². The number of aromatic nitrogens is 3. The highest BCUT2D eigenvalue weighted by Gasteiger charge is 2.25. The second-order valence-electron chi connectivity index (χ2n) is 7.95. The first-order valence-electron chi connectivity index (χ1n) is 10.4. The van der Waals surface area contributed by atoms with Crippen LogP contribution in [0.2, 0.25) is 0 Å². The number of anilines is 1. The summed E-state index contributed by atoms with van der Waals surface area (Å²) in [5.74, 6) is 1.24. The third-order valence-electron chi connectivity index (χ3n) is 6.07. The number of fused-ring (bicyclic) bond motifs is 2. The molecule has 6 heteroatoms. The minimum absolute atomic E-state index is 0.377. The van der Waals surface area contributed by atoms with Gasteiger partial charge in [-0.1, -0.05) is 12.1 Å². The highest BCUT2D eigenvalue weighted by molar-refractivity contribution is 5.52. The van der Waals surface area contributed by atoms with Crippen LogP contribution in [0.15, 0.2) is 42.7 Å². The Morgan fingerprint density at radius 2 is 2.07 bits per heavy atom. The number of rotatable bonds is 4. The average molecular weight is 377 g/mol. The van der Waals surface area contributed by atoms with Crippen molar-refractivity contribution in [1.82, 2.24) is 24.6 Å². The van der Waals surface area contributed by atoms with E-state index in [0.29, 0.717) is 6.04 Å². The second kappa shape index (κ2) is 7.53. The fourth-order valence-electron chi connectivity index (χ4n) is 4.65. The predicted molar refractivity (Wildman–Crippen MR) is 112 cm³/mol. The van der Waals surface area contributed by atoms with Gasteiger partial charge in [-0.2, -0.15) is 0 Å². The highest BCUT2D eigenvalue weighted by atomic mass is 15.3. The minimum Gasteiger partial charge on any atom is -0.355 e. The van der Waals surface area contributed by atoms with Gasteiger partial charge >= 0.3 is 0 Å². The Labute approximate surface area is 166 Å². The number of hydrogen-bond donors (Lipinski definition) is 1. The minimum atomic E-state index is 0.377. The molecule has 1 unspecified atom stereocenters. The monoisotopic (exact) mass is 376 g/mol. The number of hydrogen-bond acceptors (Lipinski definition) is 5. The smallest absolute Gasteiger partial charge is 0.138 e. The van der Waals surface area contributed by atoms with E-state index in [4.69, 9.17) is 9.97 Å². The number of imidazole rings is 1. The van der Waals surface area contributed by atoms with Crippen LogP contribution in [-0.4, -0.2) is 52.5 Å². The summed E-state index contributed by atoms with van der Waals surface area (Å²) >= 11 is 0. The van der Waals surface area contributed by atoms with Crippen LogP contribution in [-0.2, 0) is 13.0 Å². The lowest BCUT2D eigenvalue weighted by Crippen LogP contribution is -2.44. The summed E-state index contributed by atoms with van der Waals surface area (Å²) in [6.45, 7) is 4.99. The van der Waals surface area contributed by atoms with E-state index in [1.54, 1.807) is 0 Å². The van der Waals surface area contributed by atoms with Gasteiger partial charge in [-0.25, -0.2) is 4.98 Å². The number of nitrogens with zero attached hydrogens (tertiary/aromatic N) is 5. The van der Waals surface area contributed by atoms with E-state index >= 15 is 0 Å². The van der Waals surface area contributed by atoms with Gasteiger partial charge in [-0.3, -0.25) is 14.3 Å². The van der Waals surface area contributed by atoms with Crippen molar-refractivity contribution < 1.29 is 0 Å². The highest BCUT2D eigenvalue weighted by Crippen LogP contribution is 2.32. The Kier molecular flexibility index (Phi) is 4.74. The molecule has 2 aliphatic rings. The van der Waals surface area contributed by atoms with Gasteiger partial charge in [0.1, 0.15) is 11.5 Å². The average Bonchev–Trinajstić information content (AvgIpc) is 3.16. The molecule has 1 saturated heterocycles. The van der Waals surface area contributed by atoms with Gasteiger partial charge in [0, 0.05) is 45.1 Å². The van der Waals surface area contributed by atoms with E-state index in [0.717, 1.165) is 50.5 Å². The van der Waals surface area contributed by atoms with Gasteiger partial charge in [-0.15, -0.1) is 0 Å². The van der Waals surface area contributed by atoms with Crippen molar-refractivity contribution in [2.45, 2.75) is 31.8 Å². The van der Waals surface area contributed by atoms with Crippen LogP contribution in [0.25, 0.3) is 5.65 Å². The number of piperazine rings is 1. The molecule has 1 atom stereocenters. The van der Waals surface area contributed by atoms with Crippen LogP contribution >= 0.6 is 0 Å². The van der Waals surface area contributed by atoms with Crippen molar-refractivity contribution in [1.29, 1.82) is 0 Å². The molecule has 0 amide bonds.